The summed E-state index contributed by atoms with van der Waals surface area (Å²) in [5.74, 6) is 0.526. The van der Waals surface area contributed by atoms with Crippen LogP contribution in [0.1, 0.15) is 35.7 Å². The Morgan fingerprint density at radius 3 is 2.49 bits per heavy atom. The van der Waals surface area contributed by atoms with Gasteiger partial charge in [0.25, 0.3) is 5.56 Å². The summed E-state index contributed by atoms with van der Waals surface area (Å²) in [6.45, 7) is 2.21. The van der Waals surface area contributed by atoms with E-state index in [2.05, 4.69) is 15.5 Å². The van der Waals surface area contributed by atoms with Crippen molar-refractivity contribution in [3.05, 3.63) is 81.9 Å². The topological polar surface area (TPSA) is 43.1 Å². The minimum atomic E-state index is -4.39. The number of nitrogens with zero attached hydrogens (tertiary/aromatic N) is 4. The molecular formula is C26H24ClF3N4O. The standard InChI is InChI=1S/C26H23F3N4O.ClH/c1-31-20-11-13-32-12-2-3-21(32)24(20)19-8-9-22(30-25(19)31)33-14-10-17(15-23(33)34)16-4-6-18(7-5-16)26(27,28)29;/h4-10,14-15,21H,2-3,11-13H2,1H3;1H. The molecule has 0 aliphatic carbocycles. The van der Waals surface area contributed by atoms with Crippen molar-refractivity contribution in [2.24, 2.45) is 7.05 Å². The monoisotopic (exact) mass is 500 g/mol. The van der Waals surface area contributed by atoms with E-state index >= 15 is 0 Å². The molecule has 5 heterocycles. The summed E-state index contributed by atoms with van der Waals surface area (Å²) < 4.78 is 42.2. The van der Waals surface area contributed by atoms with Gasteiger partial charge in [0, 0.05) is 49.4 Å². The molecule has 2 aliphatic rings. The molecule has 4 aromatic rings. The van der Waals surface area contributed by atoms with Gasteiger partial charge in [-0.2, -0.15) is 13.2 Å². The summed E-state index contributed by atoms with van der Waals surface area (Å²) in [7, 11) is 2.04. The fraction of sp³-hybridized carbons (Fsp3) is 0.308. The Hall–Kier alpha value is -3.10. The number of hydrogen-bond acceptors (Lipinski definition) is 3. The molecule has 5 nitrogen and oxygen atoms in total. The molecule has 3 aromatic heterocycles. The van der Waals surface area contributed by atoms with Gasteiger partial charge in [-0.25, -0.2) is 4.98 Å². The van der Waals surface area contributed by atoms with Crippen molar-refractivity contribution < 1.29 is 13.2 Å². The molecule has 1 atom stereocenters. The van der Waals surface area contributed by atoms with Crippen LogP contribution in [0.15, 0.2) is 59.5 Å². The Bertz CT molecular complexity index is 1470. The number of fused-ring (bicyclic) bond motifs is 5. The lowest BCUT2D eigenvalue weighted by Crippen LogP contribution is -2.31. The molecule has 35 heavy (non-hydrogen) atoms. The molecule has 0 N–H and O–H groups in total. The van der Waals surface area contributed by atoms with Gasteiger partial charge in [-0.3, -0.25) is 14.3 Å². The van der Waals surface area contributed by atoms with E-state index in [1.807, 2.05) is 13.1 Å². The summed E-state index contributed by atoms with van der Waals surface area (Å²) in [4.78, 5) is 20.3. The smallest absolute Gasteiger partial charge is 0.332 e. The highest BCUT2D eigenvalue weighted by Crippen LogP contribution is 2.42. The van der Waals surface area contributed by atoms with E-state index in [4.69, 9.17) is 4.98 Å². The normalized spacial score (nSPS) is 17.8. The molecule has 1 fully saturated rings. The second-order valence-corrected chi connectivity index (χ2v) is 9.10. The first-order valence-electron chi connectivity index (χ1n) is 11.4. The summed E-state index contributed by atoms with van der Waals surface area (Å²) in [6.07, 6.45) is 0.616. The Kier molecular flexibility index (Phi) is 5.76. The molecule has 0 spiro atoms. The molecular weight excluding hydrogens is 477 g/mol. The van der Waals surface area contributed by atoms with E-state index < -0.39 is 11.7 Å². The zero-order chi connectivity index (χ0) is 23.6. The van der Waals surface area contributed by atoms with Crippen LogP contribution in [0.2, 0.25) is 0 Å². The van der Waals surface area contributed by atoms with Gasteiger partial charge in [0.05, 0.1) is 5.56 Å². The van der Waals surface area contributed by atoms with Crippen LogP contribution in [0.4, 0.5) is 13.2 Å². The van der Waals surface area contributed by atoms with Crippen LogP contribution in [-0.4, -0.2) is 32.1 Å². The third kappa shape index (κ3) is 3.85. The Morgan fingerprint density at radius 1 is 1.00 bits per heavy atom. The van der Waals surface area contributed by atoms with Crippen LogP contribution < -0.4 is 5.56 Å². The predicted molar refractivity (Wildman–Crippen MR) is 131 cm³/mol. The van der Waals surface area contributed by atoms with Crippen molar-refractivity contribution in [1.29, 1.82) is 0 Å². The fourth-order valence-electron chi connectivity index (χ4n) is 5.55. The van der Waals surface area contributed by atoms with Gasteiger partial charge >= 0.3 is 6.18 Å². The van der Waals surface area contributed by atoms with Crippen molar-refractivity contribution in [3.8, 4) is 16.9 Å². The maximum Gasteiger partial charge on any atom is 0.416 e. The number of alkyl halides is 3. The minimum absolute atomic E-state index is 0. The van der Waals surface area contributed by atoms with Gasteiger partial charge in [-0.15, -0.1) is 12.4 Å². The second kappa shape index (κ2) is 8.53. The van der Waals surface area contributed by atoms with Gasteiger partial charge in [0.1, 0.15) is 11.5 Å². The van der Waals surface area contributed by atoms with Crippen LogP contribution in [0, 0.1) is 0 Å². The highest BCUT2D eigenvalue weighted by Gasteiger charge is 2.35. The van der Waals surface area contributed by atoms with Crippen LogP contribution in [0.3, 0.4) is 0 Å². The first-order valence-corrected chi connectivity index (χ1v) is 11.4. The van der Waals surface area contributed by atoms with Gasteiger partial charge < -0.3 is 4.57 Å². The van der Waals surface area contributed by atoms with Gasteiger partial charge in [-0.05, 0) is 66.4 Å². The number of aryl methyl sites for hydroxylation is 1. The molecule has 0 radical (unpaired) electrons. The summed E-state index contributed by atoms with van der Waals surface area (Å²) in [5, 5.41) is 1.15. The second-order valence-electron chi connectivity index (χ2n) is 9.10. The zero-order valence-corrected chi connectivity index (χ0v) is 19.9. The molecule has 1 saturated heterocycles. The van der Waals surface area contributed by atoms with Crippen LogP contribution >= 0.6 is 12.4 Å². The van der Waals surface area contributed by atoms with Gasteiger partial charge in [-0.1, -0.05) is 12.1 Å². The largest absolute Gasteiger partial charge is 0.416 e. The molecule has 1 unspecified atom stereocenters. The highest BCUT2D eigenvalue weighted by atomic mass is 35.5. The molecule has 0 bridgehead atoms. The fourth-order valence-corrected chi connectivity index (χ4v) is 5.55. The lowest BCUT2D eigenvalue weighted by Gasteiger charge is -2.30. The molecule has 6 rings (SSSR count). The summed E-state index contributed by atoms with van der Waals surface area (Å²) in [6, 6.07) is 12.4. The quantitative estimate of drug-likeness (QED) is 0.364. The third-order valence-electron chi connectivity index (χ3n) is 7.23. The van der Waals surface area contributed by atoms with E-state index in [-0.39, 0.29) is 18.0 Å². The highest BCUT2D eigenvalue weighted by molar-refractivity contribution is 5.85. The molecule has 0 amide bonds. The first kappa shape index (κ1) is 23.6. The van der Waals surface area contributed by atoms with E-state index in [0.29, 0.717) is 23.0 Å². The van der Waals surface area contributed by atoms with E-state index in [9.17, 15) is 18.0 Å². The van der Waals surface area contributed by atoms with Crippen molar-refractivity contribution >= 4 is 23.4 Å². The maximum absolute atomic E-state index is 12.9. The lowest BCUT2D eigenvalue weighted by atomic mass is 9.96. The number of pyridine rings is 2. The third-order valence-corrected chi connectivity index (χ3v) is 7.23. The predicted octanol–water partition coefficient (Wildman–Crippen LogP) is 5.52. The van der Waals surface area contributed by atoms with Crippen LogP contribution in [0.5, 0.6) is 0 Å². The zero-order valence-electron chi connectivity index (χ0n) is 19.0. The van der Waals surface area contributed by atoms with Crippen molar-refractivity contribution in [2.75, 3.05) is 13.1 Å². The summed E-state index contributed by atoms with van der Waals surface area (Å²) in [5.41, 5.74) is 3.69. The van der Waals surface area contributed by atoms with Crippen molar-refractivity contribution in [2.45, 2.75) is 31.5 Å². The average molecular weight is 501 g/mol. The maximum atomic E-state index is 12.9. The Morgan fingerprint density at radius 2 is 1.77 bits per heavy atom. The molecule has 9 heteroatoms. The van der Waals surface area contributed by atoms with E-state index in [1.54, 1.807) is 12.3 Å². The van der Waals surface area contributed by atoms with Gasteiger partial charge in [0.2, 0.25) is 0 Å². The van der Waals surface area contributed by atoms with E-state index in [0.717, 1.165) is 42.7 Å². The number of aromatic nitrogens is 3. The van der Waals surface area contributed by atoms with Gasteiger partial charge in [0.15, 0.2) is 0 Å². The number of hydrogen-bond donors (Lipinski definition) is 0. The molecule has 1 aromatic carbocycles. The molecule has 0 saturated carbocycles. The van der Waals surface area contributed by atoms with Crippen molar-refractivity contribution in [1.82, 2.24) is 19.0 Å². The van der Waals surface area contributed by atoms with Crippen LogP contribution in [0.25, 0.3) is 28.0 Å². The lowest BCUT2D eigenvalue weighted by molar-refractivity contribution is -0.137. The Balaban J connectivity index is 0.00000253. The number of benzene rings is 1. The number of rotatable bonds is 2. The summed E-state index contributed by atoms with van der Waals surface area (Å²) >= 11 is 0. The number of halogens is 4. The average Bonchev–Trinajstić information content (AvgIpc) is 3.41. The molecule has 2 aliphatic heterocycles. The van der Waals surface area contributed by atoms with Crippen molar-refractivity contribution in [3.63, 3.8) is 0 Å². The SMILES string of the molecule is Cl.Cn1c2c(c3ccc(-n4ccc(-c5ccc(C(F)(F)F)cc5)cc4=O)nc31)C1CCCN1CC2. The van der Waals surface area contributed by atoms with Crippen LogP contribution in [-0.2, 0) is 19.6 Å². The minimum Gasteiger partial charge on any atom is -0.332 e. The molecule has 182 valence electrons. The Labute approximate surface area is 206 Å². The first-order chi connectivity index (χ1) is 16.3. The van der Waals surface area contributed by atoms with E-state index in [1.165, 1.54) is 46.9 Å².